The van der Waals surface area contributed by atoms with Gasteiger partial charge in [-0.3, -0.25) is 14.9 Å². The second kappa shape index (κ2) is 6.87. The van der Waals surface area contributed by atoms with Crippen molar-refractivity contribution in [3.63, 3.8) is 0 Å². The molecule has 8 heteroatoms. The smallest absolute Gasteiger partial charge is 0.361 e. The quantitative estimate of drug-likeness (QED) is 0.598. The summed E-state index contributed by atoms with van der Waals surface area (Å²) in [4.78, 5) is 27.2. The van der Waals surface area contributed by atoms with Gasteiger partial charge in [0.1, 0.15) is 0 Å². The van der Waals surface area contributed by atoms with Crippen LogP contribution in [0.2, 0.25) is 0 Å². The summed E-state index contributed by atoms with van der Waals surface area (Å²) in [6.45, 7) is 0. The van der Waals surface area contributed by atoms with E-state index in [0.717, 1.165) is 17.0 Å². The molecule has 0 atom stereocenters. The van der Waals surface area contributed by atoms with Crippen molar-refractivity contribution in [3.05, 3.63) is 76.3 Å². The lowest BCUT2D eigenvalue weighted by molar-refractivity contribution is -0.138. The number of carbonyl (C=O) groups is 2. The molecule has 3 aromatic rings. The Hall–Kier alpha value is -3.00. The highest BCUT2D eigenvalue weighted by atomic mass is 32.2. The molecule has 1 aliphatic rings. The van der Waals surface area contributed by atoms with Gasteiger partial charge < -0.3 is 4.98 Å². The van der Waals surface area contributed by atoms with Crippen LogP contribution in [0.3, 0.4) is 0 Å². The zero-order valence-corrected chi connectivity index (χ0v) is 15.1. The third kappa shape index (κ3) is 3.31. The SMILES string of the molecule is O=C1NC(=O)/C(=C(/Cc2ccccc2C(F)(F)F)c2c[nH]c3ccccc23)S1. The number of aromatic nitrogens is 1. The minimum Gasteiger partial charge on any atom is -0.361 e. The van der Waals surface area contributed by atoms with Gasteiger partial charge in [0.15, 0.2) is 0 Å². The largest absolute Gasteiger partial charge is 0.416 e. The van der Waals surface area contributed by atoms with Crippen LogP contribution in [0.4, 0.5) is 18.0 Å². The highest BCUT2D eigenvalue weighted by Crippen LogP contribution is 2.39. The number of halogens is 3. The number of rotatable bonds is 3. The van der Waals surface area contributed by atoms with E-state index in [2.05, 4.69) is 10.3 Å². The highest BCUT2D eigenvalue weighted by Gasteiger charge is 2.35. The number of para-hydroxylation sites is 1. The Morgan fingerprint density at radius 3 is 2.43 bits per heavy atom. The van der Waals surface area contributed by atoms with Crippen molar-refractivity contribution < 1.29 is 22.8 Å². The molecule has 142 valence electrons. The van der Waals surface area contributed by atoms with Gasteiger partial charge in [0.2, 0.25) is 0 Å². The predicted molar refractivity (Wildman–Crippen MR) is 101 cm³/mol. The lowest BCUT2D eigenvalue weighted by Gasteiger charge is -2.15. The molecule has 0 radical (unpaired) electrons. The first-order valence-corrected chi connectivity index (χ1v) is 9.14. The molecule has 2 aromatic carbocycles. The van der Waals surface area contributed by atoms with Crippen LogP contribution in [-0.4, -0.2) is 16.1 Å². The maximum atomic E-state index is 13.4. The lowest BCUT2D eigenvalue weighted by Crippen LogP contribution is -2.18. The highest BCUT2D eigenvalue weighted by molar-refractivity contribution is 8.18. The molecule has 1 fully saturated rings. The van der Waals surface area contributed by atoms with E-state index in [-0.39, 0.29) is 16.9 Å². The van der Waals surface area contributed by atoms with Gasteiger partial charge in [-0.25, -0.2) is 0 Å². The number of alkyl halides is 3. The molecule has 0 spiro atoms. The summed E-state index contributed by atoms with van der Waals surface area (Å²) in [5.74, 6) is -0.597. The summed E-state index contributed by atoms with van der Waals surface area (Å²) in [6, 6.07) is 12.5. The third-order valence-electron chi connectivity index (χ3n) is 4.50. The average Bonchev–Trinajstić information content (AvgIpc) is 3.22. The summed E-state index contributed by atoms with van der Waals surface area (Å²) in [5.41, 5.74) is 1.04. The fourth-order valence-corrected chi connectivity index (χ4v) is 4.05. The van der Waals surface area contributed by atoms with E-state index < -0.39 is 22.9 Å². The van der Waals surface area contributed by atoms with Crippen LogP contribution < -0.4 is 5.32 Å². The van der Waals surface area contributed by atoms with Crippen molar-refractivity contribution in [2.75, 3.05) is 0 Å². The molecule has 1 aromatic heterocycles. The van der Waals surface area contributed by atoms with E-state index in [0.29, 0.717) is 22.9 Å². The molecule has 2 N–H and O–H groups in total. The van der Waals surface area contributed by atoms with Crippen molar-refractivity contribution in [1.82, 2.24) is 10.3 Å². The fraction of sp³-hybridized carbons (Fsp3) is 0.100. The molecule has 0 aliphatic carbocycles. The first-order valence-electron chi connectivity index (χ1n) is 8.32. The van der Waals surface area contributed by atoms with Gasteiger partial charge in [0.25, 0.3) is 11.1 Å². The van der Waals surface area contributed by atoms with Crippen LogP contribution >= 0.6 is 11.8 Å². The molecule has 1 saturated heterocycles. The van der Waals surface area contributed by atoms with Crippen molar-refractivity contribution in [1.29, 1.82) is 0 Å². The zero-order chi connectivity index (χ0) is 19.9. The monoisotopic (exact) mass is 402 g/mol. The van der Waals surface area contributed by atoms with Crippen molar-refractivity contribution in [3.8, 4) is 0 Å². The molecule has 4 rings (SSSR count). The van der Waals surface area contributed by atoms with Crippen LogP contribution in [0.25, 0.3) is 16.5 Å². The Labute approximate surface area is 161 Å². The van der Waals surface area contributed by atoms with Crippen LogP contribution in [0.5, 0.6) is 0 Å². The lowest BCUT2D eigenvalue weighted by atomic mass is 9.94. The summed E-state index contributed by atoms with van der Waals surface area (Å²) in [7, 11) is 0. The molecule has 2 heterocycles. The topological polar surface area (TPSA) is 62.0 Å². The Kier molecular flexibility index (Phi) is 4.50. The van der Waals surface area contributed by atoms with Gasteiger partial charge in [0, 0.05) is 29.1 Å². The number of benzene rings is 2. The van der Waals surface area contributed by atoms with E-state index >= 15 is 0 Å². The molecular formula is C20H13F3N2O2S. The van der Waals surface area contributed by atoms with Crippen LogP contribution in [0.15, 0.2) is 59.6 Å². The second-order valence-corrected chi connectivity index (χ2v) is 7.21. The van der Waals surface area contributed by atoms with Crippen LogP contribution in [-0.2, 0) is 17.4 Å². The standard InChI is InChI=1S/C20H13F3N2O2S/c21-20(22,23)15-7-3-1-5-11(15)9-13(17-18(26)25-19(27)28-17)14-10-24-16-8-4-2-6-12(14)16/h1-8,10,24H,9H2,(H,25,26,27)/b17-13+. The zero-order valence-electron chi connectivity index (χ0n) is 14.3. The molecule has 28 heavy (non-hydrogen) atoms. The first kappa shape index (κ1) is 18.4. The molecule has 2 amide bonds. The van der Waals surface area contributed by atoms with Gasteiger partial charge in [-0.15, -0.1) is 0 Å². The number of carbonyl (C=O) groups excluding carboxylic acids is 2. The van der Waals surface area contributed by atoms with E-state index in [1.54, 1.807) is 12.3 Å². The van der Waals surface area contributed by atoms with E-state index in [4.69, 9.17) is 0 Å². The van der Waals surface area contributed by atoms with Crippen molar-refractivity contribution in [2.45, 2.75) is 12.6 Å². The summed E-state index contributed by atoms with van der Waals surface area (Å²) >= 11 is 0.706. The Morgan fingerprint density at radius 2 is 1.71 bits per heavy atom. The predicted octanol–water partition coefficient (Wildman–Crippen LogP) is 5.12. The number of fused-ring (bicyclic) bond motifs is 1. The van der Waals surface area contributed by atoms with Gasteiger partial charge in [0.05, 0.1) is 10.5 Å². The third-order valence-corrected chi connectivity index (χ3v) is 5.42. The summed E-state index contributed by atoms with van der Waals surface area (Å²) in [6.07, 6.45) is -3.01. The van der Waals surface area contributed by atoms with Crippen molar-refractivity contribution >= 4 is 39.4 Å². The molecule has 0 unspecified atom stereocenters. The van der Waals surface area contributed by atoms with Gasteiger partial charge in [-0.05, 0) is 35.0 Å². The van der Waals surface area contributed by atoms with Crippen LogP contribution in [0, 0.1) is 0 Å². The number of thioether (sulfide) groups is 1. The fourth-order valence-electron chi connectivity index (χ4n) is 3.27. The molecule has 4 nitrogen and oxygen atoms in total. The average molecular weight is 402 g/mol. The molecule has 1 aliphatic heterocycles. The molecule has 0 saturated carbocycles. The summed E-state index contributed by atoms with van der Waals surface area (Å²) < 4.78 is 40.3. The molecule has 0 bridgehead atoms. The number of amides is 2. The number of hydrogen-bond acceptors (Lipinski definition) is 3. The van der Waals surface area contributed by atoms with E-state index in [1.807, 2.05) is 18.2 Å². The Morgan fingerprint density at radius 1 is 1.00 bits per heavy atom. The van der Waals surface area contributed by atoms with Gasteiger partial charge in [-0.1, -0.05) is 36.4 Å². The summed E-state index contributed by atoms with van der Waals surface area (Å²) in [5, 5.41) is 2.41. The van der Waals surface area contributed by atoms with Gasteiger partial charge in [-0.2, -0.15) is 13.2 Å². The normalized spacial score (nSPS) is 16.5. The van der Waals surface area contributed by atoms with Gasteiger partial charge >= 0.3 is 6.18 Å². The number of imide groups is 1. The minimum atomic E-state index is -4.52. The number of H-pyrrole nitrogens is 1. The van der Waals surface area contributed by atoms with E-state index in [1.165, 1.54) is 18.2 Å². The first-order chi connectivity index (χ1) is 13.3. The Balaban J connectivity index is 1.91. The van der Waals surface area contributed by atoms with E-state index in [9.17, 15) is 22.8 Å². The van der Waals surface area contributed by atoms with Crippen molar-refractivity contribution in [2.24, 2.45) is 0 Å². The number of nitrogens with one attached hydrogen (secondary N) is 2. The number of hydrogen-bond donors (Lipinski definition) is 2. The van der Waals surface area contributed by atoms with Crippen LogP contribution in [0.1, 0.15) is 16.7 Å². The molecular weight excluding hydrogens is 389 g/mol. The number of aromatic amines is 1. The Bertz CT molecular complexity index is 1130. The second-order valence-electron chi connectivity index (χ2n) is 6.23. The number of allylic oxidation sites excluding steroid dienone is 1. The minimum absolute atomic E-state index is 0.0375. The maximum Gasteiger partial charge on any atom is 0.416 e. The maximum absolute atomic E-state index is 13.4.